The number of carbonyl (C=O) groups is 1. The van der Waals surface area contributed by atoms with Crippen molar-refractivity contribution in [3.05, 3.63) is 74.6 Å². The van der Waals surface area contributed by atoms with Crippen LogP contribution in [-0.4, -0.2) is 50.0 Å². The Morgan fingerprint density at radius 2 is 1.97 bits per heavy atom. The van der Waals surface area contributed by atoms with Crippen molar-refractivity contribution < 1.29 is 13.9 Å². The predicted octanol–water partition coefficient (Wildman–Crippen LogP) is 3.56. The van der Waals surface area contributed by atoms with Crippen molar-refractivity contribution >= 4 is 28.5 Å². The van der Waals surface area contributed by atoms with Gasteiger partial charge in [0.25, 0.3) is 5.91 Å². The van der Waals surface area contributed by atoms with E-state index < -0.39 is 6.04 Å². The Hall–Kier alpha value is -2.83. The molecule has 0 N–H and O–H groups in total. The molecule has 1 amide bonds. The third kappa shape index (κ3) is 3.39. The molecule has 0 aliphatic carbocycles. The number of hydrogen-bond acceptors (Lipinski definition) is 5. The van der Waals surface area contributed by atoms with Gasteiger partial charge in [-0.15, -0.1) is 0 Å². The second-order valence-corrected chi connectivity index (χ2v) is 7.73. The number of nitrogens with zero attached hydrogens (tertiary/aromatic N) is 2. The number of rotatable bonds is 5. The summed E-state index contributed by atoms with van der Waals surface area (Å²) in [7, 11) is 5.46. The molecule has 0 fully saturated rings. The quantitative estimate of drug-likeness (QED) is 0.641. The first-order valence-corrected chi connectivity index (χ1v) is 9.64. The number of likely N-dealkylation sites (N-methyl/N-ethyl adjacent to an activating group) is 1. The molecule has 2 heterocycles. The standard InChI is InChI=1S/C22H21ClN2O4/c1-24(2)9-10-25-19(13-5-4-6-15(11-13)28-3)18-20(26)16-12-14(23)7-8-17(16)29-21(18)22(25)27/h4-8,11-12,19H,9-10H2,1-3H3/t19-/m1/s1. The molecule has 0 unspecified atom stereocenters. The Kier molecular flexibility index (Phi) is 5.06. The number of methoxy groups -OCH3 is 1. The van der Waals surface area contributed by atoms with Crippen LogP contribution >= 0.6 is 11.6 Å². The van der Waals surface area contributed by atoms with Crippen molar-refractivity contribution in [3.63, 3.8) is 0 Å². The summed E-state index contributed by atoms with van der Waals surface area (Å²) in [6.07, 6.45) is 0. The summed E-state index contributed by atoms with van der Waals surface area (Å²) in [5.74, 6) is 0.462. The zero-order valence-corrected chi connectivity index (χ0v) is 17.2. The molecule has 2 aromatic carbocycles. The van der Waals surface area contributed by atoms with Crippen LogP contribution in [0.5, 0.6) is 5.75 Å². The lowest BCUT2D eigenvalue weighted by atomic mass is 9.98. The average Bonchev–Trinajstić information content (AvgIpc) is 2.99. The molecule has 29 heavy (non-hydrogen) atoms. The highest BCUT2D eigenvalue weighted by molar-refractivity contribution is 6.31. The van der Waals surface area contributed by atoms with Gasteiger partial charge in [-0.1, -0.05) is 23.7 Å². The number of amides is 1. The second-order valence-electron chi connectivity index (χ2n) is 7.30. The normalized spacial score (nSPS) is 16.0. The molecule has 0 saturated carbocycles. The van der Waals surface area contributed by atoms with Gasteiger partial charge >= 0.3 is 0 Å². The van der Waals surface area contributed by atoms with E-state index in [0.717, 1.165) is 5.56 Å². The Morgan fingerprint density at radius 1 is 1.17 bits per heavy atom. The van der Waals surface area contributed by atoms with Crippen LogP contribution in [0, 0.1) is 0 Å². The van der Waals surface area contributed by atoms with Crippen molar-refractivity contribution in [1.82, 2.24) is 9.80 Å². The largest absolute Gasteiger partial charge is 0.497 e. The van der Waals surface area contributed by atoms with E-state index in [1.165, 1.54) is 0 Å². The lowest BCUT2D eigenvalue weighted by molar-refractivity contribution is 0.0716. The minimum Gasteiger partial charge on any atom is -0.497 e. The number of halogens is 1. The minimum absolute atomic E-state index is 0.0939. The number of hydrogen-bond donors (Lipinski definition) is 0. The van der Waals surface area contributed by atoms with Gasteiger partial charge in [0.15, 0.2) is 5.43 Å². The van der Waals surface area contributed by atoms with Crippen molar-refractivity contribution in [1.29, 1.82) is 0 Å². The van der Waals surface area contributed by atoms with E-state index in [4.69, 9.17) is 20.8 Å². The number of ether oxygens (including phenoxy) is 1. The molecule has 0 spiro atoms. The Morgan fingerprint density at radius 3 is 2.69 bits per heavy atom. The van der Waals surface area contributed by atoms with Crippen LogP contribution in [0.15, 0.2) is 51.7 Å². The van der Waals surface area contributed by atoms with E-state index in [0.29, 0.717) is 40.4 Å². The van der Waals surface area contributed by atoms with E-state index in [2.05, 4.69) is 0 Å². The van der Waals surface area contributed by atoms with Crippen molar-refractivity contribution in [2.75, 3.05) is 34.3 Å². The summed E-state index contributed by atoms with van der Waals surface area (Å²) in [6, 6.07) is 11.7. The monoisotopic (exact) mass is 412 g/mol. The smallest absolute Gasteiger partial charge is 0.290 e. The third-order valence-corrected chi connectivity index (χ3v) is 5.36. The average molecular weight is 413 g/mol. The zero-order valence-electron chi connectivity index (χ0n) is 16.4. The molecule has 1 atom stereocenters. The molecular formula is C22H21ClN2O4. The van der Waals surface area contributed by atoms with Crippen molar-refractivity contribution in [3.8, 4) is 5.75 Å². The zero-order chi connectivity index (χ0) is 20.7. The first-order chi connectivity index (χ1) is 13.9. The summed E-state index contributed by atoms with van der Waals surface area (Å²) in [5.41, 5.74) is 1.25. The molecule has 0 radical (unpaired) electrons. The van der Waals surface area contributed by atoms with Crippen LogP contribution in [0.25, 0.3) is 11.0 Å². The number of fused-ring (bicyclic) bond motifs is 2. The highest BCUT2D eigenvalue weighted by Gasteiger charge is 2.42. The number of benzene rings is 2. The molecule has 150 valence electrons. The number of carbonyl (C=O) groups excluding carboxylic acids is 1. The van der Waals surface area contributed by atoms with E-state index in [9.17, 15) is 9.59 Å². The van der Waals surface area contributed by atoms with Gasteiger partial charge in [0.1, 0.15) is 11.3 Å². The Labute approximate surface area is 173 Å². The second kappa shape index (κ2) is 7.54. The Bertz CT molecular complexity index is 1160. The van der Waals surface area contributed by atoms with E-state index in [1.54, 1.807) is 30.2 Å². The third-order valence-electron chi connectivity index (χ3n) is 5.13. The lowest BCUT2D eigenvalue weighted by Gasteiger charge is -2.26. The molecule has 0 saturated heterocycles. The van der Waals surface area contributed by atoms with Gasteiger partial charge in [0.2, 0.25) is 5.76 Å². The molecule has 4 rings (SSSR count). The fraction of sp³-hybridized carbons (Fsp3) is 0.273. The highest BCUT2D eigenvalue weighted by Crippen LogP contribution is 2.39. The van der Waals surface area contributed by atoms with E-state index in [1.807, 2.05) is 43.3 Å². The molecule has 1 aliphatic heterocycles. The van der Waals surface area contributed by atoms with E-state index >= 15 is 0 Å². The van der Waals surface area contributed by atoms with Gasteiger partial charge in [0, 0.05) is 18.1 Å². The highest BCUT2D eigenvalue weighted by atomic mass is 35.5. The van der Waals surface area contributed by atoms with Gasteiger partial charge in [0.05, 0.1) is 24.1 Å². The fourth-order valence-electron chi connectivity index (χ4n) is 3.69. The molecule has 1 aliphatic rings. The summed E-state index contributed by atoms with van der Waals surface area (Å²) in [6.45, 7) is 1.11. The first kappa shape index (κ1) is 19.5. The van der Waals surface area contributed by atoms with Crippen LogP contribution in [0.1, 0.15) is 27.7 Å². The van der Waals surface area contributed by atoms with Crippen LogP contribution in [0.3, 0.4) is 0 Å². The fourth-order valence-corrected chi connectivity index (χ4v) is 3.86. The maximum Gasteiger partial charge on any atom is 0.290 e. The molecule has 6 nitrogen and oxygen atoms in total. The molecule has 0 bridgehead atoms. The van der Waals surface area contributed by atoms with Gasteiger partial charge in [-0.25, -0.2) is 0 Å². The van der Waals surface area contributed by atoms with Gasteiger partial charge in [-0.3, -0.25) is 9.59 Å². The summed E-state index contributed by atoms with van der Waals surface area (Å²) in [4.78, 5) is 30.3. The van der Waals surface area contributed by atoms with Crippen LogP contribution in [-0.2, 0) is 0 Å². The summed E-state index contributed by atoms with van der Waals surface area (Å²) in [5, 5.41) is 0.808. The molecule has 3 aromatic rings. The Balaban J connectivity index is 1.95. The molecule has 1 aromatic heterocycles. The topological polar surface area (TPSA) is 63.0 Å². The maximum absolute atomic E-state index is 13.4. The van der Waals surface area contributed by atoms with Crippen LogP contribution in [0.2, 0.25) is 5.02 Å². The van der Waals surface area contributed by atoms with Crippen LogP contribution < -0.4 is 10.2 Å². The molecule has 7 heteroatoms. The molecular weight excluding hydrogens is 392 g/mol. The van der Waals surface area contributed by atoms with Crippen molar-refractivity contribution in [2.45, 2.75) is 6.04 Å². The summed E-state index contributed by atoms with van der Waals surface area (Å²) >= 11 is 6.10. The first-order valence-electron chi connectivity index (χ1n) is 9.26. The van der Waals surface area contributed by atoms with Gasteiger partial charge in [-0.2, -0.15) is 0 Å². The van der Waals surface area contributed by atoms with Gasteiger partial charge in [-0.05, 0) is 50.0 Å². The van der Waals surface area contributed by atoms with E-state index in [-0.39, 0.29) is 17.1 Å². The summed E-state index contributed by atoms with van der Waals surface area (Å²) < 4.78 is 11.3. The SMILES string of the molecule is COc1cccc([C@@H]2c3c(oc4ccc(Cl)cc4c3=O)C(=O)N2CCN(C)C)c1. The predicted molar refractivity (Wildman–Crippen MR) is 112 cm³/mol. The lowest BCUT2D eigenvalue weighted by Crippen LogP contribution is -2.35. The maximum atomic E-state index is 13.4. The van der Waals surface area contributed by atoms with Crippen LogP contribution in [0.4, 0.5) is 0 Å². The minimum atomic E-state index is -0.549. The van der Waals surface area contributed by atoms with Gasteiger partial charge < -0.3 is 19.0 Å². The van der Waals surface area contributed by atoms with Crippen molar-refractivity contribution in [2.24, 2.45) is 0 Å².